The number of phenols is 1. The molecule has 0 bridgehead atoms. The van der Waals surface area contributed by atoms with Crippen LogP contribution in [0.15, 0.2) is 18.2 Å². The molecule has 0 radical (unpaired) electrons. The van der Waals surface area contributed by atoms with Crippen LogP contribution in [-0.4, -0.2) is 24.8 Å². The van der Waals surface area contributed by atoms with Crippen LogP contribution < -0.4 is 9.64 Å². The van der Waals surface area contributed by atoms with E-state index in [1.165, 1.54) is 0 Å². The van der Waals surface area contributed by atoms with E-state index in [1.54, 1.807) is 6.07 Å². The Labute approximate surface area is 91.3 Å². The van der Waals surface area contributed by atoms with Gasteiger partial charge in [0.1, 0.15) is 5.60 Å². The molecule has 0 aliphatic rings. The van der Waals surface area contributed by atoms with Gasteiger partial charge in [-0.15, -0.1) is 0 Å². The molecule has 3 heteroatoms. The number of anilines is 1. The third-order valence-corrected chi connectivity index (χ3v) is 1.88. The first-order valence-electron chi connectivity index (χ1n) is 4.99. The fourth-order valence-corrected chi connectivity index (χ4v) is 1.19. The van der Waals surface area contributed by atoms with Gasteiger partial charge in [0.05, 0.1) is 0 Å². The van der Waals surface area contributed by atoms with Crippen LogP contribution in [0.1, 0.15) is 20.8 Å². The molecule has 0 spiro atoms. The van der Waals surface area contributed by atoms with Gasteiger partial charge in [-0.2, -0.15) is 0 Å². The fourth-order valence-electron chi connectivity index (χ4n) is 1.19. The highest BCUT2D eigenvalue weighted by molar-refractivity contribution is 5.55. The summed E-state index contributed by atoms with van der Waals surface area (Å²) < 4.78 is 5.65. The molecule has 1 N–H and O–H groups in total. The third kappa shape index (κ3) is 3.35. The summed E-state index contributed by atoms with van der Waals surface area (Å²) in [5.74, 6) is 0.698. The molecule has 1 aromatic rings. The molecule has 1 rings (SSSR count). The Bertz CT molecular complexity index is 340. The molecule has 1 aromatic carbocycles. The summed E-state index contributed by atoms with van der Waals surface area (Å²) in [5.41, 5.74) is 0.703. The van der Waals surface area contributed by atoms with E-state index in [4.69, 9.17) is 4.74 Å². The second kappa shape index (κ2) is 4.01. The molecule has 84 valence electrons. The van der Waals surface area contributed by atoms with Crippen molar-refractivity contribution in [3.8, 4) is 11.5 Å². The van der Waals surface area contributed by atoms with Crippen LogP contribution in [0.25, 0.3) is 0 Å². The van der Waals surface area contributed by atoms with E-state index in [2.05, 4.69) is 0 Å². The second-order valence-electron chi connectivity index (χ2n) is 4.76. The maximum absolute atomic E-state index is 9.64. The Morgan fingerprint density at radius 2 is 1.80 bits per heavy atom. The van der Waals surface area contributed by atoms with Gasteiger partial charge in [-0.05, 0) is 32.9 Å². The van der Waals surface area contributed by atoms with Crippen molar-refractivity contribution in [1.82, 2.24) is 0 Å². The molecule has 0 heterocycles. The zero-order chi connectivity index (χ0) is 11.6. The van der Waals surface area contributed by atoms with Crippen LogP contribution in [0.4, 0.5) is 5.69 Å². The van der Waals surface area contributed by atoms with Crippen molar-refractivity contribution in [2.24, 2.45) is 0 Å². The van der Waals surface area contributed by atoms with Crippen molar-refractivity contribution >= 4 is 5.69 Å². The summed E-state index contributed by atoms with van der Waals surface area (Å²) in [6, 6.07) is 5.34. The number of ether oxygens (including phenoxy) is 1. The van der Waals surface area contributed by atoms with Gasteiger partial charge < -0.3 is 14.7 Å². The Kier molecular flexibility index (Phi) is 3.12. The SMILES string of the molecule is CN(C)c1ccc(O)c(OC(C)(C)C)c1. The average molecular weight is 209 g/mol. The van der Waals surface area contributed by atoms with E-state index in [1.807, 2.05) is 51.9 Å². The molecule has 0 fully saturated rings. The highest BCUT2D eigenvalue weighted by Gasteiger charge is 2.15. The number of phenolic OH excluding ortho intramolecular Hbond substituents is 1. The molecule has 0 aliphatic carbocycles. The van der Waals surface area contributed by atoms with Crippen molar-refractivity contribution in [2.45, 2.75) is 26.4 Å². The molecule has 3 nitrogen and oxygen atoms in total. The smallest absolute Gasteiger partial charge is 0.163 e. The Balaban J connectivity index is 3.01. The first-order chi connectivity index (χ1) is 6.79. The van der Waals surface area contributed by atoms with Gasteiger partial charge >= 0.3 is 0 Å². The summed E-state index contributed by atoms with van der Waals surface area (Å²) in [6.07, 6.45) is 0. The zero-order valence-corrected chi connectivity index (χ0v) is 10.0. The van der Waals surface area contributed by atoms with Gasteiger partial charge in [0.25, 0.3) is 0 Å². The van der Waals surface area contributed by atoms with E-state index in [0.717, 1.165) is 5.69 Å². The molecular formula is C12H19NO2. The van der Waals surface area contributed by atoms with Crippen molar-refractivity contribution in [2.75, 3.05) is 19.0 Å². The molecule has 0 atom stereocenters. The predicted octanol–water partition coefficient (Wildman–Crippen LogP) is 2.64. The van der Waals surface area contributed by atoms with Crippen molar-refractivity contribution in [3.63, 3.8) is 0 Å². The van der Waals surface area contributed by atoms with Gasteiger partial charge in [-0.1, -0.05) is 0 Å². The highest BCUT2D eigenvalue weighted by Crippen LogP contribution is 2.32. The molecular weight excluding hydrogens is 190 g/mol. The van der Waals surface area contributed by atoms with Crippen LogP contribution in [0.5, 0.6) is 11.5 Å². The standard InChI is InChI=1S/C12H19NO2/c1-12(2,3)15-11-8-9(13(4)5)6-7-10(11)14/h6-8,14H,1-5H3. The molecule has 0 unspecified atom stereocenters. The normalized spacial score (nSPS) is 11.3. The minimum Gasteiger partial charge on any atom is -0.504 e. The molecule has 0 saturated heterocycles. The molecule has 0 saturated carbocycles. The minimum absolute atomic E-state index is 0.176. The third-order valence-electron chi connectivity index (χ3n) is 1.88. The fraction of sp³-hybridized carbons (Fsp3) is 0.500. The highest BCUT2D eigenvalue weighted by atomic mass is 16.5. The van der Waals surface area contributed by atoms with E-state index in [0.29, 0.717) is 5.75 Å². The molecule has 0 amide bonds. The monoisotopic (exact) mass is 209 g/mol. The van der Waals surface area contributed by atoms with Crippen LogP contribution in [-0.2, 0) is 0 Å². The van der Waals surface area contributed by atoms with Gasteiger partial charge in [-0.3, -0.25) is 0 Å². The Hall–Kier alpha value is -1.38. The van der Waals surface area contributed by atoms with Crippen molar-refractivity contribution in [3.05, 3.63) is 18.2 Å². The largest absolute Gasteiger partial charge is 0.504 e. The van der Waals surface area contributed by atoms with Crippen LogP contribution in [0, 0.1) is 0 Å². The molecule has 0 aliphatic heterocycles. The van der Waals surface area contributed by atoms with Crippen molar-refractivity contribution in [1.29, 1.82) is 0 Å². The first kappa shape index (κ1) is 11.7. The van der Waals surface area contributed by atoms with Gasteiger partial charge in [0.15, 0.2) is 11.5 Å². The number of hydrogen-bond donors (Lipinski definition) is 1. The minimum atomic E-state index is -0.303. The summed E-state index contributed by atoms with van der Waals surface area (Å²) in [4.78, 5) is 1.97. The predicted molar refractivity (Wildman–Crippen MR) is 62.8 cm³/mol. The lowest BCUT2D eigenvalue weighted by Crippen LogP contribution is -2.23. The second-order valence-corrected chi connectivity index (χ2v) is 4.76. The number of hydrogen-bond acceptors (Lipinski definition) is 3. The summed E-state index contributed by atoms with van der Waals surface area (Å²) in [7, 11) is 3.90. The Morgan fingerprint density at radius 3 is 2.27 bits per heavy atom. The topological polar surface area (TPSA) is 32.7 Å². The number of nitrogens with zero attached hydrogens (tertiary/aromatic N) is 1. The van der Waals surface area contributed by atoms with Gasteiger partial charge in [-0.25, -0.2) is 0 Å². The van der Waals surface area contributed by atoms with Crippen LogP contribution >= 0.6 is 0 Å². The van der Waals surface area contributed by atoms with Crippen LogP contribution in [0.3, 0.4) is 0 Å². The lowest BCUT2D eigenvalue weighted by molar-refractivity contribution is 0.126. The van der Waals surface area contributed by atoms with E-state index in [-0.39, 0.29) is 11.4 Å². The van der Waals surface area contributed by atoms with E-state index in [9.17, 15) is 5.11 Å². The lowest BCUT2D eigenvalue weighted by atomic mass is 10.2. The molecule has 15 heavy (non-hydrogen) atoms. The lowest BCUT2D eigenvalue weighted by Gasteiger charge is -2.23. The first-order valence-corrected chi connectivity index (χ1v) is 4.99. The quantitative estimate of drug-likeness (QED) is 0.812. The maximum atomic E-state index is 9.64. The van der Waals surface area contributed by atoms with E-state index >= 15 is 0 Å². The maximum Gasteiger partial charge on any atom is 0.163 e. The summed E-state index contributed by atoms with van der Waals surface area (Å²) in [6.45, 7) is 5.86. The zero-order valence-electron chi connectivity index (χ0n) is 10.0. The van der Waals surface area contributed by atoms with Crippen LogP contribution in [0.2, 0.25) is 0 Å². The average Bonchev–Trinajstić information content (AvgIpc) is 2.06. The van der Waals surface area contributed by atoms with Crippen molar-refractivity contribution < 1.29 is 9.84 Å². The Morgan fingerprint density at radius 1 is 1.20 bits per heavy atom. The number of aromatic hydroxyl groups is 1. The van der Waals surface area contributed by atoms with Gasteiger partial charge in [0.2, 0.25) is 0 Å². The van der Waals surface area contributed by atoms with Gasteiger partial charge in [0, 0.05) is 25.8 Å². The summed E-state index contributed by atoms with van der Waals surface area (Å²) in [5, 5.41) is 9.64. The molecule has 0 aromatic heterocycles. The number of rotatable bonds is 2. The summed E-state index contributed by atoms with van der Waals surface area (Å²) >= 11 is 0. The number of benzene rings is 1. The van der Waals surface area contributed by atoms with E-state index < -0.39 is 0 Å².